The van der Waals surface area contributed by atoms with Crippen molar-refractivity contribution in [1.82, 2.24) is 10.1 Å². The number of nitrogens with zero attached hydrogens (tertiary/aromatic N) is 2. The first-order chi connectivity index (χ1) is 10.6. The smallest absolute Gasteiger partial charge is 0.305 e. The first kappa shape index (κ1) is 14.5. The van der Waals surface area contributed by atoms with Crippen molar-refractivity contribution in [2.24, 2.45) is 0 Å². The molecule has 1 saturated heterocycles. The number of aromatic nitrogens is 1. The van der Waals surface area contributed by atoms with Gasteiger partial charge in [0.25, 0.3) is 0 Å². The summed E-state index contributed by atoms with van der Waals surface area (Å²) in [4.78, 5) is 25.0. The highest BCUT2D eigenvalue weighted by Gasteiger charge is 2.29. The number of ether oxygens (including phenoxy) is 1. The van der Waals surface area contributed by atoms with Gasteiger partial charge in [-0.05, 0) is 12.1 Å². The molecule has 1 aromatic heterocycles. The molecule has 1 fully saturated rings. The van der Waals surface area contributed by atoms with Crippen LogP contribution in [0.15, 0.2) is 28.8 Å². The van der Waals surface area contributed by atoms with E-state index in [1.807, 2.05) is 18.2 Å². The maximum Gasteiger partial charge on any atom is 0.305 e. The molecule has 0 aliphatic carbocycles. The molecule has 1 aromatic carbocycles. The quantitative estimate of drug-likeness (QED) is 0.908. The monoisotopic (exact) mass is 304 g/mol. The van der Waals surface area contributed by atoms with E-state index in [9.17, 15) is 9.59 Å². The van der Waals surface area contributed by atoms with Gasteiger partial charge in [0.05, 0.1) is 32.1 Å². The van der Waals surface area contributed by atoms with Gasteiger partial charge in [-0.15, -0.1) is 0 Å². The second-order valence-corrected chi connectivity index (χ2v) is 5.22. The largest absolute Gasteiger partial charge is 0.481 e. The van der Waals surface area contributed by atoms with Gasteiger partial charge in [0, 0.05) is 11.9 Å². The Balaban J connectivity index is 1.76. The van der Waals surface area contributed by atoms with Crippen LogP contribution < -0.4 is 0 Å². The van der Waals surface area contributed by atoms with E-state index in [2.05, 4.69) is 5.16 Å². The van der Waals surface area contributed by atoms with E-state index < -0.39 is 12.0 Å². The second kappa shape index (κ2) is 6.15. The highest BCUT2D eigenvalue weighted by Crippen LogP contribution is 2.20. The minimum absolute atomic E-state index is 0.0904. The summed E-state index contributed by atoms with van der Waals surface area (Å²) >= 11 is 0. The summed E-state index contributed by atoms with van der Waals surface area (Å²) in [6.07, 6.45) is -0.0293. The van der Waals surface area contributed by atoms with Crippen LogP contribution >= 0.6 is 0 Å². The maximum absolute atomic E-state index is 12.5. The van der Waals surface area contributed by atoms with Crippen LogP contribution in [0.2, 0.25) is 0 Å². The van der Waals surface area contributed by atoms with E-state index in [0.717, 1.165) is 5.39 Å². The number of hydrogen-bond donors (Lipinski definition) is 1. The lowest BCUT2D eigenvalue weighted by atomic mass is 10.1. The predicted octanol–water partition coefficient (Wildman–Crippen LogP) is 1.07. The standard InChI is InChI=1S/C15H16N2O5/c18-14(17-5-6-21-9-10(17)7-15(19)20)8-12-11-3-1-2-4-13(11)22-16-12/h1-4,10H,5-9H2,(H,19,20). The second-order valence-electron chi connectivity index (χ2n) is 5.22. The number of carbonyl (C=O) groups is 2. The minimum atomic E-state index is -0.944. The summed E-state index contributed by atoms with van der Waals surface area (Å²) in [6, 6.07) is 6.90. The molecule has 1 unspecified atom stereocenters. The van der Waals surface area contributed by atoms with Gasteiger partial charge < -0.3 is 19.3 Å². The van der Waals surface area contributed by atoms with E-state index in [0.29, 0.717) is 24.4 Å². The summed E-state index contributed by atoms with van der Waals surface area (Å²) in [5, 5.41) is 13.7. The number of fused-ring (bicyclic) bond motifs is 1. The number of hydrogen-bond acceptors (Lipinski definition) is 5. The Hall–Kier alpha value is -2.41. The number of carboxylic acid groups (broad SMARTS) is 1. The highest BCUT2D eigenvalue weighted by atomic mass is 16.5. The Bertz CT molecular complexity index is 696. The fourth-order valence-electron chi connectivity index (χ4n) is 2.66. The van der Waals surface area contributed by atoms with E-state index in [1.165, 1.54) is 0 Å². The van der Waals surface area contributed by atoms with Gasteiger partial charge in [0.1, 0.15) is 5.69 Å². The van der Waals surface area contributed by atoms with Crippen molar-refractivity contribution >= 4 is 22.8 Å². The maximum atomic E-state index is 12.5. The van der Waals surface area contributed by atoms with Crippen LogP contribution in [0.25, 0.3) is 11.0 Å². The molecule has 1 aliphatic rings. The number of carboxylic acids is 1. The lowest BCUT2D eigenvalue weighted by molar-refractivity contribution is -0.145. The molecule has 3 rings (SSSR count). The fourth-order valence-corrected chi connectivity index (χ4v) is 2.66. The first-order valence-electron chi connectivity index (χ1n) is 7.07. The zero-order chi connectivity index (χ0) is 15.5. The first-order valence-corrected chi connectivity index (χ1v) is 7.07. The van der Waals surface area contributed by atoms with E-state index in [1.54, 1.807) is 11.0 Å². The number of carbonyl (C=O) groups excluding carboxylic acids is 1. The molecule has 0 saturated carbocycles. The van der Waals surface area contributed by atoms with Crippen molar-refractivity contribution in [2.75, 3.05) is 19.8 Å². The lowest BCUT2D eigenvalue weighted by Gasteiger charge is -2.34. The van der Waals surface area contributed by atoms with Gasteiger partial charge in [-0.3, -0.25) is 9.59 Å². The van der Waals surface area contributed by atoms with Crippen molar-refractivity contribution in [3.05, 3.63) is 30.0 Å². The summed E-state index contributed by atoms with van der Waals surface area (Å²) in [5.41, 5.74) is 1.20. The van der Waals surface area contributed by atoms with E-state index in [4.69, 9.17) is 14.4 Å². The third-order valence-corrected chi connectivity index (χ3v) is 3.73. The molecule has 2 aromatic rings. The molecule has 2 heterocycles. The third-order valence-electron chi connectivity index (χ3n) is 3.73. The van der Waals surface area contributed by atoms with Crippen molar-refractivity contribution in [3.8, 4) is 0 Å². The number of morpholine rings is 1. The Kier molecular flexibility index (Phi) is 4.06. The molecule has 116 valence electrons. The zero-order valence-corrected chi connectivity index (χ0v) is 11.9. The molecule has 0 bridgehead atoms. The molecule has 1 amide bonds. The Labute approximate surface area is 126 Å². The summed E-state index contributed by atoms with van der Waals surface area (Å²) in [5.74, 6) is -1.10. The predicted molar refractivity (Wildman–Crippen MR) is 76.3 cm³/mol. The van der Waals surface area contributed by atoms with Crippen LogP contribution in [0.3, 0.4) is 0 Å². The van der Waals surface area contributed by atoms with Crippen LogP contribution in [-0.4, -0.2) is 52.8 Å². The molecular weight excluding hydrogens is 288 g/mol. The number of amides is 1. The zero-order valence-electron chi connectivity index (χ0n) is 11.9. The van der Waals surface area contributed by atoms with Gasteiger partial charge in [-0.25, -0.2) is 0 Å². The average molecular weight is 304 g/mol. The van der Waals surface area contributed by atoms with Gasteiger partial charge in [-0.2, -0.15) is 0 Å². The Morgan fingerprint density at radius 1 is 1.36 bits per heavy atom. The van der Waals surface area contributed by atoms with E-state index in [-0.39, 0.29) is 25.4 Å². The normalized spacial score (nSPS) is 18.5. The van der Waals surface area contributed by atoms with Gasteiger partial charge in [0.15, 0.2) is 5.58 Å². The summed E-state index contributed by atoms with van der Waals surface area (Å²) < 4.78 is 10.5. The molecule has 1 aliphatic heterocycles. The average Bonchev–Trinajstić information content (AvgIpc) is 2.90. The molecule has 0 radical (unpaired) electrons. The number of aliphatic carboxylic acids is 1. The van der Waals surface area contributed by atoms with Crippen molar-refractivity contribution in [2.45, 2.75) is 18.9 Å². The molecule has 1 N–H and O–H groups in total. The molecule has 7 heteroatoms. The van der Waals surface area contributed by atoms with Crippen LogP contribution in [0.5, 0.6) is 0 Å². The van der Waals surface area contributed by atoms with Crippen molar-refractivity contribution < 1.29 is 24.0 Å². The Morgan fingerprint density at radius 3 is 3.00 bits per heavy atom. The van der Waals surface area contributed by atoms with Crippen molar-refractivity contribution in [1.29, 1.82) is 0 Å². The number of rotatable bonds is 4. The van der Waals surface area contributed by atoms with Gasteiger partial charge in [-0.1, -0.05) is 17.3 Å². The SMILES string of the molecule is O=C(O)CC1COCCN1C(=O)Cc1noc2ccccc12. The fraction of sp³-hybridized carbons (Fsp3) is 0.400. The topological polar surface area (TPSA) is 92.9 Å². The lowest BCUT2D eigenvalue weighted by Crippen LogP contribution is -2.50. The van der Waals surface area contributed by atoms with Crippen molar-refractivity contribution in [3.63, 3.8) is 0 Å². The summed E-state index contributed by atoms with van der Waals surface area (Å²) in [6.45, 7) is 1.06. The highest BCUT2D eigenvalue weighted by molar-refractivity contribution is 5.86. The van der Waals surface area contributed by atoms with Crippen LogP contribution in [0.4, 0.5) is 0 Å². The molecule has 1 atom stereocenters. The van der Waals surface area contributed by atoms with Gasteiger partial charge in [0.2, 0.25) is 5.91 Å². The van der Waals surface area contributed by atoms with E-state index >= 15 is 0 Å². The number of benzene rings is 1. The molecule has 7 nitrogen and oxygen atoms in total. The van der Waals surface area contributed by atoms with Crippen LogP contribution in [0.1, 0.15) is 12.1 Å². The summed E-state index contributed by atoms with van der Waals surface area (Å²) in [7, 11) is 0. The molecule has 22 heavy (non-hydrogen) atoms. The number of para-hydroxylation sites is 1. The molecular formula is C15H16N2O5. The van der Waals surface area contributed by atoms with Crippen LogP contribution in [0, 0.1) is 0 Å². The molecule has 0 spiro atoms. The third kappa shape index (κ3) is 2.94. The van der Waals surface area contributed by atoms with Crippen LogP contribution in [-0.2, 0) is 20.7 Å². The Morgan fingerprint density at radius 2 is 2.18 bits per heavy atom. The minimum Gasteiger partial charge on any atom is -0.481 e. The van der Waals surface area contributed by atoms with Gasteiger partial charge >= 0.3 is 5.97 Å².